The van der Waals surface area contributed by atoms with Crippen LogP contribution in [0.4, 0.5) is 0 Å². The van der Waals surface area contributed by atoms with Crippen molar-refractivity contribution in [3.63, 3.8) is 0 Å². The largest absolute Gasteiger partial charge is 0.462 e. The minimum absolute atomic E-state index is 0.0754. The normalized spacial score (nSPS) is 12.2. The zero-order valence-corrected chi connectivity index (χ0v) is 44.2. The highest BCUT2D eigenvalue weighted by molar-refractivity contribution is 5.71. The molecule has 0 aromatic heterocycles. The quantitative estimate of drug-likeness (QED) is 0.0262. The minimum atomic E-state index is -0.775. The standard InChI is InChI=1S/C60H110O6/c1-4-7-10-13-16-18-20-22-24-25-26-27-28-29-30-31-32-33-34-36-37-39-41-44-47-50-53-59(62)65-56-57(55-64-58(61)52-49-46-43-15-12-9-6-3)66-60(63)54-51-48-45-42-40-38-35-23-21-19-17-14-11-8-5-2/h8,11,17,19,23,35,57H,4-7,9-10,12-16,18,20-22,24-34,36-56H2,1-3H3/b11-8-,19-17-,35-23-. The predicted octanol–water partition coefficient (Wildman–Crippen LogP) is 19.3. The Morgan fingerprint density at radius 2 is 0.591 bits per heavy atom. The third kappa shape index (κ3) is 52.6. The number of allylic oxidation sites excluding steroid dienone is 6. The summed E-state index contributed by atoms with van der Waals surface area (Å²) in [5.41, 5.74) is 0. The molecule has 386 valence electrons. The van der Waals surface area contributed by atoms with Gasteiger partial charge in [0.15, 0.2) is 6.10 Å². The molecule has 6 heteroatoms. The van der Waals surface area contributed by atoms with E-state index in [1.165, 1.54) is 173 Å². The maximum Gasteiger partial charge on any atom is 0.306 e. The number of hydrogen-bond donors (Lipinski definition) is 0. The van der Waals surface area contributed by atoms with Crippen LogP contribution in [0.5, 0.6) is 0 Å². The Labute approximate surface area is 410 Å². The second kappa shape index (κ2) is 55.2. The first-order chi connectivity index (χ1) is 32.5. The Kier molecular flexibility index (Phi) is 53.2. The highest BCUT2D eigenvalue weighted by Gasteiger charge is 2.19. The van der Waals surface area contributed by atoms with Crippen LogP contribution in [0, 0.1) is 0 Å². The Hall–Kier alpha value is -2.37. The van der Waals surface area contributed by atoms with E-state index in [1.807, 2.05) is 0 Å². The Morgan fingerprint density at radius 1 is 0.318 bits per heavy atom. The van der Waals surface area contributed by atoms with Crippen molar-refractivity contribution in [2.45, 2.75) is 316 Å². The van der Waals surface area contributed by atoms with Gasteiger partial charge in [-0.25, -0.2) is 0 Å². The monoisotopic (exact) mass is 927 g/mol. The molecule has 6 nitrogen and oxygen atoms in total. The molecule has 0 saturated carbocycles. The second-order valence-electron chi connectivity index (χ2n) is 19.5. The number of rotatable bonds is 53. The van der Waals surface area contributed by atoms with Crippen LogP contribution in [-0.2, 0) is 28.6 Å². The van der Waals surface area contributed by atoms with Gasteiger partial charge in [-0.05, 0) is 51.4 Å². The van der Waals surface area contributed by atoms with Crippen LogP contribution in [0.2, 0.25) is 0 Å². The molecule has 0 saturated heterocycles. The maximum absolute atomic E-state index is 12.8. The molecule has 0 aliphatic rings. The molecule has 1 atom stereocenters. The number of hydrogen-bond acceptors (Lipinski definition) is 6. The summed E-state index contributed by atoms with van der Waals surface area (Å²) >= 11 is 0. The molecular formula is C60H110O6. The van der Waals surface area contributed by atoms with Crippen LogP contribution in [0.3, 0.4) is 0 Å². The Balaban J connectivity index is 4.07. The zero-order valence-electron chi connectivity index (χ0n) is 44.2. The molecule has 0 bridgehead atoms. The molecule has 0 spiro atoms. The molecule has 0 aromatic rings. The molecule has 0 heterocycles. The molecule has 1 unspecified atom stereocenters. The summed E-state index contributed by atoms with van der Waals surface area (Å²) in [7, 11) is 0. The van der Waals surface area contributed by atoms with Gasteiger partial charge >= 0.3 is 17.9 Å². The average Bonchev–Trinajstić information content (AvgIpc) is 3.31. The van der Waals surface area contributed by atoms with Crippen molar-refractivity contribution >= 4 is 17.9 Å². The van der Waals surface area contributed by atoms with Crippen LogP contribution < -0.4 is 0 Å². The number of ether oxygens (including phenoxy) is 3. The summed E-state index contributed by atoms with van der Waals surface area (Å²) in [5, 5.41) is 0. The first kappa shape index (κ1) is 63.6. The van der Waals surface area contributed by atoms with Gasteiger partial charge in [0.25, 0.3) is 0 Å². The van der Waals surface area contributed by atoms with Gasteiger partial charge in [0, 0.05) is 19.3 Å². The van der Waals surface area contributed by atoms with Gasteiger partial charge in [0.1, 0.15) is 13.2 Å². The van der Waals surface area contributed by atoms with E-state index in [1.54, 1.807) is 0 Å². The van der Waals surface area contributed by atoms with Gasteiger partial charge in [0.2, 0.25) is 0 Å². The van der Waals surface area contributed by atoms with Gasteiger partial charge < -0.3 is 14.2 Å². The Morgan fingerprint density at radius 3 is 0.924 bits per heavy atom. The van der Waals surface area contributed by atoms with Crippen LogP contribution in [0.15, 0.2) is 36.5 Å². The van der Waals surface area contributed by atoms with Crippen LogP contribution in [0.1, 0.15) is 310 Å². The molecule has 0 N–H and O–H groups in total. The summed E-state index contributed by atoms with van der Waals surface area (Å²) in [6, 6.07) is 0. The van der Waals surface area contributed by atoms with Crippen molar-refractivity contribution in [1.82, 2.24) is 0 Å². The lowest BCUT2D eigenvalue weighted by Crippen LogP contribution is -2.30. The summed E-state index contributed by atoms with van der Waals surface area (Å²) in [6.45, 7) is 6.51. The molecule has 0 amide bonds. The van der Waals surface area contributed by atoms with E-state index in [2.05, 4.69) is 57.2 Å². The van der Waals surface area contributed by atoms with Gasteiger partial charge in [-0.2, -0.15) is 0 Å². The molecule has 0 aliphatic carbocycles. The predicted molar refractivity (Wildman–Crippen MR) is 284 cm³/mol. The van der Waals surface area contributed by atoms with Gasteiger partial charge in [-0.15, -0.1) is 0 Å². The number of unbranched alkanes of at least 4 members (excludes halogenated alkanes) is 36. The molecule has 0 aliphatic heterocycles. The van der Waals surface area contributed by atoms with Crippen molar-refractivity contribution in [2.24, 2.45) is 0 Å². The van der Waals surface area contributed by atoms with E-state index in [9.17, 15) is 14.4 Å². The first-order valence-electron chi connectivity index (χ1n) is 29.0. The van der Waals surface area contributed by atoms with Crippen LogP contribution >= 0.6 is 0 Å². The lowest BCUT2D eigenvalue weighted by Gasteiger charge is -2.18. The fourth-order valence-corrected chi connectivity index (χ4v) is 8.58. The van der Waals surface area contributed by atoms with Crippen molar-refractivity contribution in [2.75, 3.05) is 13.2 Å². The zero-order chi connectivity index (χ0) is 47.9. The SMILES string of the molecule is CC/C=C\C/C=C\C/C=C\CCCCCCCC(=O)OC(COC(=O)CCCCCCCCC)COC(=O)CCCCCCCCCCCCCCCCCCCCCCCCCCCC. The lowest BCUT2D eigenvalue weighted by atomic mass is 10.0. The summed E-state index contributed by atoms with van der Waals surface area (Å²) < 4.78 is 16.8. The molecule has 0 radical (unpaired) electrons. The number of carbonyl (C=O) groups is 3. The molecule has 0 rings (SSSR count). The average molecular weight is 928 g/mol. The molecular weight excluding hydrogens is 817 g/mol. The van der Waals surface area contributed by atoms with E-state index in [0.717, 1.165) is 96.3 Å². The van der Waals surface area contributed by atoms with Crippen LogP contribution in [-0.4, -0.2) is 37.2 Å². The minimum Gasteiger partial charge on any atom is -0.462 e. The van der Waals surface area contributed by atoms with E-state index in [0.29, 0.717) is 19.3 Å². The third-order valence-corrected chi connectivity index (χ3v) is 12.9. The number of carbonyl (C=O) groups excluding carboxylic acids is 3. The van der Waals surface area contributed by atoms with Gasteiger partial charge in [0.05, 0.1) is 0 Å². The highest BCUT2D eigenvalue weighted by atomic mass is 16.6. The van der Waals surface area contributed by atoms with E-state index in [4.69, 9.17) is 14.2 Å². The number of esters is 3. The first-order valence-corrected chi connectivity index (χ1v) is 29.0. The van der Waals surface area contributed by atoms with Crippen molar-refractivity contribution in [3.05, 3.63) is 36.5 Å². The van der Waals surface area contributed by atoms with Crippen molar-refractivity contribution in [3.8, 4) is 0 Å². The fourth-order valence-electron chi connectivity index (χ4n) is 8.58. The highest BCUT2D eigenvalue weighted by Crippen LogP contribution is 2.17. The van der Waals surface area contributed by atoms with E-state index < -0.39 is 6.10 Å². The summed E-state index contributed by atoms with van der Waals surface area (Å²) in [5.74, 6) is -0.885. The molecule has 0 aromatic carbocycles. The summed E-state index contributed by atoms with van der Waals surface area (Å²) in [6.07, 6.45) is 66.1. The maximum atomic E-state index is 12.8. The van der Waals surface area contributed by atoms with Gasteiger partial charge in [-0.3, -0.25) is 14.4 Å². The van der Waals surface area contributed by atoms with Crippen LogP contribution in [0.25, 0.3) is 0 Å². The lowest BCUT2D eigenvalue weighted by molar-refractivity contribution is -0.167. The van der Waals surface area contributed by atoms with E-state index >= 15 is 0 Å². The second-order valence-corrected chi connectivity index (χ2v) is 19.5. The van der Waals surface area contributed by atoms with Crippen molar-refractivity contribution < 1.29 is 28.6 Å². The van der Waals surface area contributed by atoms with E-state index in [-0.39, 0.29) is 31.1 Å². The Bertz CT molecular complexity index is 1110. The molecule has 66 heavy (non-hydrogen) atoms. The van der Waals surface area contributed by atoms with Gasteiger partial charge in [-0.1, -0.05) is 276 Å². The smallest absolute Gasteiger partial charge is 0.306 e. The van der Waals surface area contributed by atoms with Crippen molar-refractivity contribution in [1.29, 1.82) is 0 Å². The summed E-state index contributed by atoms with van der Waals surface area (Å²) in [4.78, 5) is 37.9. The fraction of sp³-hybridized carbons (Fsp3) is 0.850. The third-order valence-electron chi connectivity index (χ3n) is 12.9. The topological polar surface area (TPSA) is 78.9 Å². The molecule has 0 fully saturated rings.